The summed E-state index contributed by atoms with van der Waals surface area (Å²) >= 11 is 0. The van der Waals surface area contributed by atoms with Crippen LogP contribution < -0.4 is 4.90 Å². The van der Waals surface area contributed by atoms with Crippen molar-refractivity contribution in [2.24, 2.45) is 0 Å². The first-order valence-electron chi connectivity index (χ1n) is 8.85. The summed E-state index contributed by atoms with van der Waals surface area (Å²) in [6.45, 7) is 1.93. The Bertz CT molecular complexity index is 991. The van der Waals surface area contributed by atoms with E-state index in [1.807, 2.05) is 29.2 Å². The fourth-order valence-corrected chi connectivity index (χ4v) is 3.33. The van der Waals surface area contributed by atoms with Crippen LogP contribution in [0.1, 0.15) is 15.9 Å². The lowest BCUT2D eigenvalue weighted by molar-refractivity contribution is -0.137. The third kappa shape index (κ3) is 3.49. The lowest BCUT2D eigenvalue weighted by atomic mass is 10.1. The molecule has 0 atom stereocenters. The Morgan fingerprint density at radius 3 is 2.36 bits per heavy atom. The van der Waals surface area contributed by atoms with E-state index in [4.69, 9.17) is 0 Å². The third-order valence-electron chi connectivity index (χ3n) is 4.83. The van der Waals surface area contributed by atoms with E-state index in [9.17, 15) is 18.0 Å². The molecule has 0 unspecified atom stereocenters. The van der Waals surface area contributed by atoms with Crippen LogP contribution >= 0.6 is 0 Å². The highest BCUT2D eigenvalue weighted by Crippen LogP contribution is 2.29. The van der Waals surface area contributed by atoms with E-state index in [2.05, 4.69) is 9.97 Å². The number of carbonyl (C=O) groups excluding carboxylic acids is 1. The summed E-state index contributed by atoms with van der Waals surface area (Å²) in [7, 11) is 0. The summed E-state index contributed by atoms with van der Waals surface area (Å²) in [5.74, 6) is 0.385. The molecule has 0 saturated carbocycles. The molecule has 0 radical (unpaired) electrons. The van der Waals surface area contributed by atoms with Gasteiger partial charge in [0.15, 0.2) is 0 Å². The average molecular weight is 386 g/mol. The molecule has 1 aliphatic heterocycles. The number of alkyl halides is 3. The van der Waals surface area contributed by atoms with Gasteiger partial charge in [0.05, 0.1) is 16.6 Å². The van der Waals surface area contributed by atoms with E-state index in [-0.39, 0.29) is 5.91 Å². The van der Waals surface area contributed by atoms with Gasteiger partial charge in [0, 0.05) is 44.0 Å². The minimum atomic E-state index is -4.40. The highest BCUT2D eigenvalue weighted by Gasteiger charge is 2.31. The van der Waals surface area contributed by atoms with Gasteiger partial charge in [0.2, 0.25) is 0 Å². The van der Waals surface area contributed by atoms with Gasteiger partial charge in [-0.05, 0) is 24.3 Å². The molecule has 8 heteroatoms. The van der Waals surface area contributed by atoms with E-state index in [0.717, 1.165) is 17.6 Å². The van der Waals surface area contributed by atoms with Gasteiger partial charge < -0.3 is 9.80 Å². The second-order valence-corrected chi connectivity index (χ2v) is 6.56. The smallest absolute Gasteiger partial charge is 0.353 e. The number of para-hydroxylation sites is 1. The number of carbonyl (C=O) groups is 1. The molecule has 0 N–H and O–H groups in total. The van der Waals surface area contributed by atoms with Crippen LogP contribution in [0.15, 0.2) is 54.9 Å². The van der Waals surface area contributed by atoms with Crippen LogP contribution in [-0.2, 0) is 6.18 Å². The Morgan fingerprint density at radius 2 is 1.68 bits per heavy atom. The number of amides is 1. The summed E-state index contributed by atoms with van der Waals surface area (Å²) in [6.07, 6.45) is -1.90. The third-order valence-corrected chi connectivity index (χ3v) is 4.83. The zero-order valence-electron chi connectivity index (χ0n) is 14.9. The predicted octanol–water partition coefficient (Wildman–Crippen LogP) is 3.61. The number of hydrogen-bond donors (Lipinski definition) is 0. The summed E-state index contributed by atoms with van der Waals surface area (Å²) in [6, 6.07) is 11.6. The molecule has 4 rings (SSSR count). The van der Waals surface area contributed by atoms with Gasteiger partial charge in [-0.15, -0.1) is 0 Å². The standard InChI is InChI=1S/C20H17F3N4O/c21-20(22,23)15-6-7-17(25-13-15)26-9-11-27(12-10-26)19(28)16-5-1-3-14-4-2-8-24-18(14)16/h1-8,13H,9-12H2. The Hall–Kier alpha value is -3.16. The Kier molecular flexibility index (Phi) is 4.62. The number of pyridine rings is 2. The van der Waals surface area contributed by atoms with E-state index in [1.54, 1.807) is 17.2 Å². The van der Waals surface area contributed by atoms with Crippen molar-refractivity contribution in [1.82, 2.24) is 14.9 Å². The number of aromatic nitrogens is 2. The molecule has 3 heterocycles. The highest BCUT2D eigenvalue weighted by molar-refractivity contribution is 6.05. The molecule has 0 bridgehead atoms. The summed E-state index contributed by atoms with van der Waals surface area (Å²) < 4.78 is 38.0. The quantitative estimate of drug-likeness (QED) is 0.675. The largest absolute Gasteiger partial charge is 0.417 e. The molecule has 28 heavy (non-hydrogen) atoms. The maximum Gasteiger partial charge on any atom is 0.417 e. The number of benzene rings is 1. The molecule has 0 spiro atoms. The molecule has 5 nitrogen and oxygen atoms in total. The van der Waals surface area contributed by atoms with Gasteiger partial charge in [-0.25, -0.2) is 4.98 Å². The second kappa shape index (κ2) is 7.10. The van der Waals surface area contributed by atoms with E-state index in [1.165, 1.54) is 6.07 Å². The van der Waals surface area contributed by atoms with Gasteiger partial charge in [0.25, 0.3) is 5.91 Å². The fraction of sp³-hybridized carbons (Fsp3) is 0.250. The number of rotatable bonds is 2. The lowest BCUT2D eigenvalue weighted by Crippen LogP contribution is -2.49. The van der Waals surface area contributed by atoms with Gasteiger partial charge in [-0.1, -0.05) is 18.2 Å². The van der Waals surface area contributed by atoms with Crippen molar-refractivity contribution in [3.05, 3.63) is 66.0 Å². The maximum absolute atomic E-state index is 12.9. The normalized spacial score (nSPS) is 15.1. The SMILES string of the molecule is O=C(c1cccc2cccnc12)N1CCN(c2ccc(C(F)(F)F)cn2)CC1. The Balaban J connectivity index is 1.46. The lowest BCUT2D eigenvalue weighted by Gasteiger charge is -2.35. The van der Waals surface area contributed by atoms with Crippen molar-refractivity contribution in [3.63, 3.8) is 0 Å². The summed E-state index contributed by atoms with van der Waals surface area (Å²) in [5.41, 5.74) is 0.453. The molecule has 0 aliphatic carbocycles. The second-order valence-electron chi connectivity index (χ2n) is 6.56. The van der Waals surface area contributed by atoms with Crippen molar-refractivity contribution in [2.45, 2.75) is 6.18 Å². The molecule has 144 valence electrons. The number of nitrogens with zero attached hydrogens (tertiary/aromatic N) is 4. The molecule has 3 aromatic rings. The fourth-order valence-electron chi connectivity index (χ4n) is 3.33. The van der Waals surface area contributed by atoms with Crippen LogP contribution in [0.3, 0.4) is 0 Å². The molecular weight excluding hydrogens is 369 g/mol. The monoisotopic (exact) mass is 386 g/mol. The minimum Gasteiger partial charge on any atom is -0.353 e. The average Bonchev–Trinajstić information content (AvgIpc) is 2.72. The van der Waals surface area contributed by atoms with E-state index in [0.29, 0.717) is 43.1 Å². The first-order valence-corrected chi connectivity index (χ1v) is 8.85. The van der Waals surface area contributed by atoms with Crippen LogP contribution in [0.2, 0.25) is 0 Å². The molecule has 1 amide bonds. The van der Waals surface area contributed by atoms with Gasteiger partial charge in [0.1, 0.15) is 5.82 Å². The Morgan fingerprint density at radius 1 is 0.929 bits per heavy atom. The number of hydrogen-bond acceptors (Lipinski definition) is 4. The number of halogens is 3. The molecule has 1 fully saturated rings. The zero-order chi connectivity index (χ0) is 19.7. The zero-order valence-corrected chi connectivity index (χ0v) is 14.9. The highest BCUT2D eigenvalue weighted by atomic mass is 19.4. The maximum atomic E-state index is 12.9. The van der Waals surface area contributed by atoms with E-state index >= 15 is 0 Å². The van der Waals surface area contributed by atoms with Gasteiger partial charge in [-0.3, -0.25) is 9.78 Å². The summed E-state index contributed by atoms with van der Waals surface area (Å²) in [4.78, 5) is 24.8. The molecule has 1 saturated heterocycles. The van der Waals surface area contributed by atoms with E-state index < -0.39 is 11.7 Å². The van der Waals surface area contributed by atoms with Crippen molar-refractivity contribution >= 4 is 22.6 Å². The van der Waals surface area contributed by atoms with Crippen molar-refractivity contribution in [1.29, 1.82) is 0 Å². The van der Waals surface area contributed by atoms with Crippen LogP contribution in [0, 0.1) is 0 Å². The first-order chi connectivity index (χ1) is 13.4. The molecule has 1 aromatic carbocycles. The number of anilines is 1. The molecular formula is C20H17F3N4O. The van der Waals surface area contributed by atoms with Gasteiger partial charge in [-0.2, -0.15) is 13.2 Å². The van der Waals surface area contributed by atoms with Gasteiger partial charge >= 0.3 is 6.18 Å². The van der Waals surface area contributed by atoms with Crippen LogP contribution in [0.25, 0.3) is 10.9 Å². The van der Waals surface area contributed by atoms with Crippen molar-refractivity contribution in [2.75, 3.05) is 31.1 Å². The van der Waals surface area contributed by atoms with Crippen LogP contribution in [-0.4, -0.2) is 47.0 Å². The topological polar surface area (TPSA) is 49.3 Å². The number of fused-ring (bicyclic) bond motifs is 1. The van der Waals surface area contributed by atoms with Crippen LogP contribution in [0.4, 0.5) is 19.0 Å². The van der Waals surface area contributed by atoms with Crippen LogP contribution in [0.5, 0.6) is 0 Å². The molecule has 1 aliphatic rings. The predicted molar refractivity (Wildman–Crippen MR) is 99.1 cm³/mol. The number of piperazine rings is 1. The van der Waals surface area contributed by atoms with Crippen molar-refractivity contribution < 1.29 is 18.0 Å². The summed E-state index contributed by atoms with van der Waals surface area (Å²) in [5, 5.41) is 0.904. The first kappa shape index (κ1) is 18.2. The Labute approximate surface area is 159 Å². The molecule has 2 aromatic heterocycles. The van der Waals surface area contributed by atoms with Crippen molar-refractivity contribution in [3.8, 4) is 0 Å². The minimum absolute atomic E-state index is 0.0932.